The molecule has 0 radical (unpaired) electrons. The third-order valence-corrected chi connectivity index (χ3v) is 6.61. The molecule has 1 unspecified atom stereocenters. The van der Waals surface area contributed by atoms with Crippen LogP contribution in [0.4, 0.5) is 10.6 Å². The molecule has 7 nitrogen and oxygen atoms in total. The number of carbonyl (C=O) groups is 1. The van der Waals surface area contributed by atoms with Gasteiger partial charge in [0.05, 0.1) is 12.6 Å². The average molecular weight is 470 g/mol. The minimum absolute atomic E-state index is 0.0177. The van der Waals surface area contributed by atoms with Gasteiger partial charge in [-0.25, -0.2) is 9.78 Å². The van der Waals surface area contributed by atoms with Crippen LogP contribution in [-0.4, -0.2) is 59.7 Å². The molecule has 1 aliphatic rings. The van der Waals surface area contributed by atoms with E-state index in [0.717, 1.165) is 42.1 Å². The first-order valence-corrected chi connectivity index (χ1v) is 12.0. The lowest BCUT2D eigenvalue weighted by Gasteiger charge is -2.21. The Hall–Kier alpha value is -3.68. The predicted molar refractivity (Wildman–Crippen MR) is 139 cm³/mol. The number of pyridine rings is 1. The average Bonchev–Trinajstić information content (AvgIpc) is 3.44. The smallest absolute Gasteiger partial charge is 0.320 e. The van der Waals surface area contributed by atoms with Crippen LogP contribution in [0, 0.1) is 6.92 Å². The normalized spacial score (nSPS) is 18.1. The molecule has 180 valence electrons. The van der Waals surface area contributed by atoms with E-state index in [1.807, 2.05) is 66.1 Å². The molecule has 2 aromatic heterocycles. The molecule has 1 saturated heterocycles. The number of aryl methyl sites for hydroxylation is 1. The molecule has 2 aromatic carbocycles. The molecule has 7 heteroatoms. The largest absolute Gasteiger partial charge is 0.383 e. The Kier molecular flexibility index (Phi) is 6.79. The Morgan fingerprint density at radius 1 is 1.06 bits per heavy atom. The van der Waals surface area contributed by atoms with Crippen LogP contribution < -0.4 is 10.6 Å². The summed E-state index contributed by atoms with van der Waals surface area (Å²) in [6, 6.07) is 24.1. The first-order valence-electron chi connectivity index (χ1n) is 12.0. The van der Waals surface area contributed by atoms with Gasteiger partial charge in [-0.2, -0.15) is 0 Å². The molecule has 2 N–H and O–H groups in total. The van der Waals surface area contributed by atoms with Gasteiger partial charge in [0.1, 0.15) is 17.2 Å². The third kappa shape index (κ3) is 5.06. The highest BCUT2D eigenvalue weighted by Crippen LogP contribution is 2.30. The molecular formula is C28H31N5O2. The van der Waals surface area contributed by atoms with E-state index in [1.54, 1.807) is 7.11 Å². The summed E-state index contributed by atoms with van der Waals surface area (Å²) < 4.78 is 7.22. The number of benzene rings is 2. The van der Waals surface area contributed by atoms with E-state index in [9.17, 15) is 4.79 Å². The summed E-state index contributed by atoms with van der Waals surface area (Å²) in [4.78, 5) is 20.5. The van der Waals surface area contributed by atoms with Crippen molar-refractivity contribution in [2.75, 3.05) is 38.7 Å². The topological polar surface area (TPSA) is 70.9 Å². The summed E-state index contributed by atoms with van der Waals surface area (Å²) in [5.74, 6) is 0.867. The fourth-order valence-corrected chi connectivity index (χ4v) is 4.85. The molecule has 5 rings (SSSR count). The SMILES string of the molecule is COCCN1CC(c2ccccc2)[C@H](NC(=O)Nc2c(-c3ccccc3)nc3cc(C)ccn23)C1. The Morgan fingerprint density at radius 2 is 1.80 bits per heavy atom. The number of urea groups is 1. The number of imidazole rings is 1. The van der Waals surface area contributed by atoms with E-state index in [0.29, 0.717) is 12.4 Å². The molecule has 35 heavy (non-hydrogen) atoms. The number of ether oxygens (including phenoxy) is 1. The summed E-state index contributed by atoms with van der Waals surface area (Å²) in [5.41, 5.74) is 4.85. The third-order valence-electron chi connectivity index (χ3n) is 6.61. The van der Waals surface area contributed by atoms with Crippen LogP contribution >= 0.6 is 0 Å². The predicted octanol–water partition coefficient (Wildman–Crippen LogP) is 4.55. The molecule has 2 amide bonds. The lowest BCUT2D eigenvalue weighted by Crippen LogP contribution is -2.42. The fourth-order valence-electron chi connectivity index (χ4n) is 4.85. The van der Waals surface area contributed by atoms with Gasteiger partial charge >= 0.3 is 6.03 Å². The van der Waals surface area contributed by atoms with Gasteiger partial charge in [-0.3, -0.25) is 14.6 Å². The van der Waals surface area contributed by atoms with Crippen LogP contribution in [-0.2, 0) is 4.74 Å². The Labute approximate surface area is 205 Å². The van der Waals surface area contributed by atoms with Crippen molar-refractivity contribution in [2.45, 2.75) is 18.9 Å². The van der Waals surface area contributed by atoms with Gasteiger partial charge in [0.15, 0.2) is 0 Å². The molecular weight excluding hydrogens is 438 g/mol. The van der Waals surface area contributed by atoms with Crippen LogP contribution in [0.2, 0.25) is 0 Å². The van der Waals surface area contributed by atoms with Crippen LogP contribution in [0.3, 0.4) is 0 Å². The highest BCUT2D eigenvalue weighted by Gasteiger charge is 2.34. The van der Waals surface area contributed by atoms with Crippen molar-refractivity contribution in [3.8, 4) is 11.3 Å². The number of amides is 2. The number of hydrogen-bond donors (Lipinski definition) is 2. The number of methoxy groups -OCH3 is 1. The van der Waals surface area contributed by atoms with Crippen LogP contribution in [0.5, 0.6) is 0 Å². The Morgan fingerprint density at radius 3 is 2.54 bits per heavy atom. The maximum Gasteiger partial charge on any atom is 0.320 e. The zero-order chi connectivity index (χ0) is 24.2. The molecule has 0 aliphatic carbocycles. The van der Waals surface area contributed by atoms with Crippen LogP contribution in [0.1, 0.15) is 17.0 Å². The lowest BCUT2D eigenvalue weighted by atomic mass is 9.94. The highest BCUT2D eigenvalue weighted by molar-refractivity contribution is 5.93. The van der Waals surface area contributed by atoms with Gasteiger partial charge in [0.2, 0.25) is 0 Å². The molecule has 4 aromatic rings. The molecule has 0 spiro atoms. The first-order chi connectivity index (χ1) is 17.1. The minimum Gasteiger partial charge on any atom is -0.383 e. The second kappa shape index (κ2) is 10.3. The zero-order valence-electron chi connectivity index (χ0n) is 20.1. The summed E-state index contributed by atoms with van der Waals surface area (Å²) in [5, 5.41) is 6.37. The summed E-state index contributed by atoms with van der Waals surface area (Å²) in [6.45, 7) is 5.19. The van der Waals surface area contributed by atoms with Crippen molar-refractivity contribution in [1.29, 1.82) is 0 Å². The van der Waals surface area contributed by atoms with Gasteiger partial charge in [0, 0.05) is 44.4 Å². The number of fused-ring (bicyclic) bond motifs is 1. The number of nitrogens with zero attached hydrogens (tertiary/aromatic N) is 3. The molecule has 2 atom stereocenters. The highest BCUT2D eigenvalue weighted by atomic mass is 16.5. The van der Waals surface area contributed by atoms with E-state index >= 15 is 0 Å². The van der Waals surface area contributed by atoms with Crippen molar-refractivity contribution < 1.29 is 9.53 Å². The van der Waals surface area contributed by atoms with E-state index in [2.05, 4.69) is 39.8 Å². The molecule has 1 fully saturated rings. The van der Waals surface area contributed by atoms with Gasteiger partial charge in [-0.1, -0.05) is 60.7 Å². The van der Waals surface area contributed by atoms with Crippen molar-refractivity contribution in [1.82, 2.24) is 19.6 Å². The fraction of sp³-hybridized carbons (Fsp3) is 0.286. The number of rotatable bonds is 7. The summed E-state index contributed by atoms with van der Waals surface area (Å²) >= 11 is 0. The molecule has 1 aliphatic heterocycles. The molecule has 3 heterocycles. The monoisotopic (exact) mass is 469 g/mol. The van der Waals surface area contributed by atoms with Crippen molar-refractivity contribution in [3.63, 3.8) is 0 Å². The summed E-state index contributed by atoms with van der Waals surface area (Å²) in [6.07, 6.45) is 1.95. The maximum absolute atomic E-state index is 13.4. The number of likely N-dealkylation sites (tertiary alicyclic amines) is 1. The number of nitrogens with one attached hydrogen (secondary N) is 2. The minimum atomic E-state index is -0.232. The first kappa shape index (κ1) is 23.1. The molecule has 0 bridgehead atoms. The molecule has 0 saturated carbocycles. The van der Waals surface area contributed by atoms with Gasteiger partial charge in [-0.05, 0) is 30.2 Å². The number of anilines is 1. The van der Waals surface area contributed by atoms with Crippen molar-refractivity contribution >= 4 is 17.5 Å². The van der Waals surface area contributed by atoms with Crippen LogP contribution in [0.25, 0.3) is 16.9 Å². The van der Waals surface area contributed by atoms with E-state index in [4.69, 9.17) is 9.72 Å². The number of hydrogen-bond acceptors (Lipinski definition) is 4. The van der Waals surface area contributed by atoms with Crippen molar-refractivity contribution in [3.05, 3.63) is 90.1 Å². The zero-order valence-corrected chi connectivity index (χ0v) is 20.1. The second-order valence-corrected chi connectivity index (χ2v) is 9.08. The van der Waals surface area contributed by atoms with Gasteiger partial charge in [-0.15, -0.1) is 0 Å². The Balaban J connectivity index is 1.40. The number of aromatic nitrogens is 2. The lowest BCUT2D eigenvalue weighted by molar-refractivity contribution is 0.159. The van der Waals surface area contributed by atoms with E-state index in [-0.39, 0.29) is 18.0 Å². The van der Waals surface area contributed by atoms with Gasteiger partial charge in [0.25, 0.3) is 0 Å². The Bertz CT molecular complexity index is 1290. The van der Waals surface area contributed by atoms with E-state index < -0.39 is 0 Å². The summed E-state index contributed by atoms with van der Waals surface area (Å²) in [7, 11) is 1.72. The standard InChI is InChI=1S/C28H31N5O2/c1-20-13-14-33-25(17-20)30-26(22-11-7-4-8-12-22)27(33)31-28(34)29-24-19-32(15-16-35-2)18-23(24)21-9-5-3-6-10-21/h3-14,17,23-24H,15-16,18-19H2,1-2H3,(H2,29,31,34)/t23?,24-/m1/s1. The number of carbonyl (C=O) groups excluding carboxylic acids is 1. The van der Waals surface area contributed by atoms with Crippen molar-refractivity contribution in [2.24, 2.45) is 0 Å². The maximum atomic E-state index is 13.4. The van der Waals surface area contributed by atoms with Gasteiger partial charge < -0.3 is 10.1 Å². The van der Waals surface area contributed by atoms with Crippen LogP contribution in [0.15, 0.2) is 79.0 Å². The quantitative estimate of drug-likeness (QED) is 0.417. The van der Waals surface area contributed by atoms with E-state index in [1.165, 1.54) is 5.56 Å². The second-order valence-electron chi connectivity index (χ2n) is 9.08.